The minimum atomic E-state index is -0.314. The Bertz CT molecular complexity index is 360. The average Bonchev–Trinajstić information content (AvgIpc) is 2.74. The summed E-state index contributed by atoms with van der Waals surface area (Å²) in [5.74, 6) is -0.314. The molecule has 2 rings (SSSR count). The largest absolute Gasteiger partial charge is 0.334 e. The normalized spacial score (nSPS) is 19.4. The van der Waals surface area contributed by atoms with Gasteiger partial charge in [0.05, 0.1) is 0 Å². The molecule has 0 aromatic heterocycles. The maximum Gasteiger partial charge on any atom is 0.319 e. The molecule has 1 fully saturated rings. The summed E-state index contributed by atoms with van der Waals surface area (Å²) < 4.78 is 12.6. The molecule has 1 unspecified atom stereocenters. The number of halogens is 1. The van der Waals surface area contributed by atoms with Crippen LogP contribution in [-0.2, 0) is 0 Å². The van der Waals surface area contributed by atoms with E-state index < -0.39 is 0 Å². The first kappa shape index (κ1) is 10.9. The Labute approximate surface area is 93.2 Å². The molecule has 0 aliphatic carbocycles. The number of nitrogens with one attached hydrogen (secondary N) is 3. The lowest BCUT2D eigenvalue weighted by Gasteiger charge is -2.12. The molecule has 4 nitrogen and oxygen atoms in total. The predicted molar refractivity (Wildman–Crippen MR) is 59.8 cm³/mol. The van der Waals surface area contributed by atoms with Crippen LogP contribution in [0.2, 0.25) is 0 Å². The van der Waals surface area contributed by atoms with E-state index in [4.69, 9.17) is 0 Å². The molecule has 16 heavy (non-hydrogen) atoms. The van der Waals surface area contributed by atoms with Crippen LogP contribution in [0.5, 0.6) is 0 Å². The van der Waals surface area contributed by atoms with Gasteiger partial charge in [-0.2, -0.15) is 0 Å². The van der Waals surface area contributed by atoms with Crippen molar-refractivity contribution in [2.45, 2.75) is 12.5 Å². The number of urea groups is 1. The standard InChI is InChI=1S/C11H14FN3O/c12-8-1-3-9(4-2-8)14-11(16)15-10-5-6-13-7-10/h1-4,10,13H,5-7H2,(H2,14,15,16). The number of hydrogen-bond acceptors (Lipinski definition) is 2. The molecule has 86 valence electrons. The smallest absolute Gasteiger partial charge is 0.319 e. The lowest BCUT2D eigenvalue weighted by Crippen LogP contribution is -2.39. The molecule has 1 atom stereocenters. The van der Waals surface area contributed by atoms with Crippen molar-refractivity contribution in [3.05, 3.63) is 30.1 Å². The molecule has 0 radical (unpaired) electrons. The molecule has 0 bridgehead atoms. The van der Waals surface area contributed by atoms with Crippen LogP contribution in [0.15, 0.2) is 24.3 Å². The van der Waals surface area contributed by atoms with Gasteiger partial charge in [0.1, 0.15) is 5.82 Å². The van der Waals surface area contributed by atoms with Crippen LogP contribution >= 0.6 is 0 Å². The third-order valence-corrected chi connectivity index (χ3v) is 2.50. The van der Waals surface area contributed by atoms with Crippen LogP contribution in [0.4, 0.5) is 14.9 Å². The summed E-state index contributed by atoms with van der Waals surface area (Å²) in [5, 5.41) is 8.64. The quantitative estimate of drug-likeness (QED) is 0.708. The number of amides is 2. The maximum atomic E-state index is 12.6. The zero-order chi connectivity index (χ0) is 11.4. The highest BCUT2D eigenvalue weighted by Crippen LogP contribution is 2.08. The van der Waals surface area contributed by atoms with Gasteiger partial charge in [0.25, 0.3) is 0 Å². The number of carbonyl (C=O) groups excluding carboxylic acids is 1. The number of carbonyl (C=O) groups is 1. The molecule has 2 amide bonds. The summed E-state index contributed by atoms with van der Waals surface area (Å²) in [4.78, 5) is 11.5. The van der Waals surface area contributed by atoms with Crippen LogP contribution in [0.25, 0.3) is 0 Å². The Hall–Kier alpha value is -1.62. The van der Waals surface area contributed by atoms with Gasteiger partial charge in [0.2, 0.25) is 0 Å². The topological polar surface area (TPSA) is 53.2 Å². The molecule has 1 aromatic rings. The van der Waals surface area contributed by atoms with Gasteiger partial charge in [0, 0.05) is 18.3 Å². The summed E-state index contributed by atoms with van der Waals surface area (Å²) in [5.41, 5.74) is 0.588. The highest BCUT2D eigenvalue weighted by molar-refractivity contribution is 5.89. The fourth-order valence-electron chi connectivity index (χ4n) is 1.66. The number of anilines is 1. The van der Waals surface area contributed by atoms with E-state index in [-0.39, 0.29) is 17.9 Å². The predicted octanol–water partition coefficient (Wildman–Crippen LogP) is 1.31. The van der Waals surface area contributed by atoms with E-state index in [9.17, 15) is 9.18 Å². The van der Waals surface area contributed by atoms with Crippen LogP contribution in [0.1, 0.15) is 6.42 Å². The zero-order valence-electron chi connectivity index (χ0n) is 8.79. The zero-order valence-corrected chi connectivity index (χ0v) is 8.79. The van der Waals surface area contributed by atoms with Crippen molar-refractivity contribution in [3.63, 3.8) is 0 Å². The Kier molecular flexibility index (Phi) is 3.36. The van der Waals surface area contributed by atoms with E-state index in [1.165, 1.54) is 24.3 Å². The Morgan fingerprint density at radius 1 is 1.38 bits per heavy atom. The van der Waals surface area contributed by atoms with Crippen molar-refractivity contribution in [1.29, 1.82) is 0 Å². The second-order valence-electron chi connectivity index (χ2n) is 3.80. The fraction of sp³-hybridized carbons (Fsp3) is 0.364. The summed E-state index contributed by atoms with van der Waals surface area (Å²) in [7, 11) is 0. The van der Waals surface area contributed by atoms with Gasteiger partial charge in [-0.1, -0.05) is 0 Å². The number of rotatable bonds is 2. The Morgan fingerprint density at radius 2 is 2.12 bits per heavy atom. The molecule has 0 spiro atoms. The Morgan fingerprint density at radius 3 is 2.75 bits per heavy atom. The van der Waals surface area contributed by atoms with Gasteiger partial charge in [-0.3, -0.25) is 0 Å². The van der Waals surface area contributed by atoms with Gasteiger partial charge in [0.15, 0.2) is 0 Å². The van der Waals surface area contributed by atoms with E-state index in [2.05, 4.69) is 16.0 Å². The summed E-state index contributed by atoms with van der Waals surface area (Å²) in [6, 6.07) is 5.61. The molecule has 1 aliphatic heterocycles. The molecule has 0 saturated carbocycles. The van der Waals surface area contributed by atoms with Crippen molar-refractivity contribution in [2.75, 3.05) is 18.4 Å². The molecule has 1 saturated heterocycles. The van der Waals surface area contributed by atoms with E-state index >= 15 is 0 Å². The highest BCUT2D eigenvalue weighted by Gasteiger charge is 2.16. The van der Waals surface area contributed by atoms with E-state index in [1.807, 2.05) is 0 Å². The van der Waals surface area contributed by atoms with Crippen molar-refractivity contribution in [3.8, 4) is 0 Å². The van der Waals surface area contributed by atoms with Crippen LogP contribution < -0.4 is 16.0 Å². The van der Waals surface area contributed by atoms with Gasteiger partial charge in [-0.15, -0.1) is 0 Å². The summed E-state index contributed by atoms with van der Waals surface area (Å²) in [6.45, 7) is 1.73. The van der Waals surface area contributed by atoms with Crippen molar-refractivity contribution < 1.29 is 9.18 Å². The molecule has 1 aliphatic rings. The second-order valence-corrected chi connectivity index (χ2v) is 3.80. The van der Waals surface area contributed by atoms with E-state index in [0.29, 0.717) is 5.69 Å². The SMILES string of the molecule is O=C(Nc1ccc(F)cc1)NC1CCNC1. The van der Waals surface area contributed by atoms with Gasteiger partial charge in [-0.05, 0) is 37.2 Å². The van der Waals surface area contributed by atoms with E-state index in [0.717, 1.165) is 19.5 Å². The molecule has 5 heteroatoms. The van der Waals surface area contributed by atoms with Gasteiger partial charge in [-0.25, -0.2) is 9.18 Å². The minimum Gasteiger partial charge on any atom is -0.334 e. The molecule has 1 heterocycles. The van der Waals surface area contributed by atoms with Crippen LogP contribution in [0, 0.1) is 5.82 Å². The fourth-order valence-corrected chi connectivity index (χ4v) is 1.66. The molecule has 3 N–H and O–H groups in total. The average molecular weight is 223 g/mol. The highest BCUT2D eigenvalue weighted by atomic mass is 19.1. The first-order valence-electron chi connectivity index (χ1n) is 5.28. The Balaban J connectivity index is 1.84. The third-order valence-electron chi connectivity index (χ3n) is 2.50. The van der Waals surface area contributed by atoms with Gasteiger partial charge >= 0.3 is 6.03 Å². The van der Waals surface area contributed by atoms with E-state index in [1.54, 1.807) is 0 Å². The van der Waals surface area contributed by atoms with Crippen LogP contribution in [0.3, 0.4) is 0 Å². The van der Waals surface area contributed by atoms with Crippen LogP contribution in [-0.4, -0.2) is 25.2 Å². The minimum absolute atomic E-state index is 0.181. The molecular weight excluding hydrogens is 209 g/mol. The van der Waals surface area contributed by atoms with Gasteiger partial charge < -0.3 is 16.0 Å². The number of benzene rings is 1. The lowest BCUT2D eigenvalue weighted by molar-refractivity contribution is 0.249. The summed E-state index contributed by atoms with van der Waals surface area (Å²) in [6.07, 6.45) is 0.941. The van der Waals surface area contributed by atoms with Crippen molar-refractivity contribution in [2.24, 2.45) is 0 Å². The monoisotopic (exact) mass is 223 g/mol. The number of hydrogen-bond donors (Lipinski definition) is 3. The van der Waals surface area contributed by atoms with Crippen molar-refractivity contribution >= 4 is 11.7 Å². The summed E-state index contributed by atoms with van der Waals surface area (Å²) >= 11 is 0. The first-order valence-corrected chi connectivity index (χ1v) is 5.28. The lowest BCUT2D eigenvalue weighted by atomic mass is 10.3. The molecular formula is C11H14FN3O. The van der Waals surface area contributed by atoms with Crippen molar-refractivity contribution in [1.82, 2.24) is 10.6 Å². The second kappa shape index (κ2) is 4.94. The maximum absolute atomic E-state index is 12.6. The molecule has 1 aromatic carbocycles. The first-order chi connectivity index (χ1) is 7.74. The third kappa shape index (κ3) is 2.93.